The van der Waals surface area contributed by atoms with Crippen molar-refractivity contribution in [3.05, 3.63) is 87.9 Å². The zero-order chi connectivity index (χ0) is 30.2. The highest BCUT2D eigenvalue weighted by Gasteiger charge is 2.33. The van der Waals surface area contributed by atoms with E-state index in [0.29, 0.717) is 22.9 Å². The fraction of sp³-hybridized carbons (Fsp3) is 0.333. The molecule has 1 atom stereocenters. The van der Waals surface area contributed by atoms with E-state index in [1.54, 1.807) is 43.3 Å². The quantitative estimate of drug-likeness (QED) is 0.243. The van der Waals surface area contributed by atoms with Crippen LogP contribution in [0.1, 0.15) is 37.8 Å². The summed E-state index contributed by atoms with van der Waals surface area (Å²) in [6.45, 7) is 5.35. The van der Waals surface area contributed by atoms with E-state index in [0.717, 1.165) is 22.7 Å². The predicted molar refractivity (Wildman–Crippen MR) is 163 cm³/mol. The molecule has 0 aliphatic carbocycles. The molecule has 0 aliphatic heterocycles. The van der Waals surface area contributed by atoms with Crippen molar-refractivity contribution in [1.82, 2.24) is 10.2 Å². The van der Waals surface area contributed by atoms with E-state index in [-0.39, 0.29) is 28.1 Å². The number of carbonyl (C=O) groups excluding carboxylic acids is 2. The van der Waals surface area contributed by atoms with Crippen LogP contribution in [0, 0.1) is 6.92 Å². The summed E-state index contributed by atoms with van der Waals surface area (Å²) in [4.78, 5) is 28.4. The Kier molecular flexibility index (Phi) is 11.5. The van der Waals surface area contributed by atoms with Gasteiger partial charge in [-0.05, 0) is 62.2 Å². The number of sulfonamides is 1. The van der Waals surface area contributed by atoms with Gasteiger partial charge in [0.1, 0.15) is 18.3 Å². The molecule has 1 N–H and O–H groups in total. The lowest BCUT2D eigenvalue weighted by atomic mass is 10.1. The second kappa shape index (κ2) is 14.6. The lowest BCUT2D eigenvalue weighted by Crippen LogP contribution is -2.51. The second-order valence-electron chi connectivity index (χ2n) is 9.58. The van der Waals surface area contributed by atoms with Crippen molar-refractivity contribution in [3.63, 3.8) is 0 Å². The number of benzene rings is 3. The third-order valence-corrected chi connectivity index (χ3v) is 9.06. The summed E-state index contributed by atoms with van der Waals surface area (Å²) in [5, 5.41) is 3.46. The Morgan fingerprint density at radius 2 is 1.68 bits per heavy atom. The Hall–Kier alpha value is -3.27. The van der Waals surface area contributed by atoms with Gasteiger partial charge in [0.25, 0.3) is 10.0 Å². The molecule has 0 fully saturated rings. The number of hydrogen-bond acceptors (Lipinski definition) is 5. The van der Waals surface area contributed by atoms with E-state index in [4.69, 9.17) is 27.9 Å². The van der Waals surface area contributed by atoms with E-state index in [1.165, 1.54) is 42.3 Å². The number of hydrogen-bond donors (Lipinski definition) is 1. The van der Waals surface area contributed by atoms with Crippen LogP contribution in [0.4, 0.5) is 5.69 Å². The molecule has 3 aromatic rings. The molecular formula is C30H35Cl2N3O5S. The fourth-order valence-corrected chi connectivity index (χ4v) is 5.96. The lowest BCUT2D eigenvalue weighted by Gasteiger charge is -2.32. The molecule has 0 saturated carbocycles. The molecule has 41 heavy (non-hydrogen) atoms. The average molecular weight is 621 g/mol. The molecule has 0 bridgehead atoms. The molecule has 8 nitrogen and oxygen atoms in total. The van der Waals surface area contributed by atoms with Gasteiger partial charge in [-0.3, -0.25) is 13.9 Å². The average Bonchev–Trinajstić information content (AvgIpc) is 2.95. The van der Waals surface area contributed by atoms with E-state index in [2.05, 4.69) is 5.32 Å². The first kappa shape index (κ1) is 32.2. The zero-order valence-electron chi connectivity index (χ0n) is 23.6. The van der Waals surface area contributed by atoms with E-state index in [9.17, 15) is 18.0 Å². The Bertz CT molecular complexity index is 1470. The molecule has 3 rings (SSSR count). The van der Waals surface area contributed by atoms with Gasteiger partial charge in [-0.15, -0.1) is 0 Å². The maximum Gasteiger partial charge on any atom is 0.264 e. The number of anilines is 1. The van der Waals surface area contributed by atoms with Crippen LogP contribution in [0.15, 0.2) is 71.6 Å². The molecule has 2 amide bonds. The molecule has 11 heteroatoms. The van der Waals surface area contributed by atoms with Crippen molar-refractivity contribution in [2.75, 3.05) is 24.5 Å². The van der Waals surface area contributed by atoms with Crippen molar-refractivity contribution in [1.29, 1.82) is 0 Å². The summed E-state index contributed by atoms with van der Waals surface area (Å²) in [7, 11) is -2.77. The first-order valence-corrected chi connectivity index (χ1v) is 15.4. The van der Waals surface area contributed by atoms with Gasteiger partial charge in [0, 0.05) is 18.1 Å². The van der Waals surface area contributed by atoms with E-state index >= 15 is 0 Å². The van der Waals surface area contributed by atoms with Gasteiger partial charge in [-0.25, -0.2) is 8.42 Å². The van der Waals surface area contributed by atoms with Gasteiger partial charge in [-0.1, -0.05) is 72.4 Å². The van der Waals surface area contributed by atoms with Gasteiger partial charge in [-0.2, -0.15) is 0 Å². The molecule has 0 aliphatic rings. The second-order valence-corrected chi connectivity index (χ2v) is 12.3. The molecule has 3 aromatic carbocycles. The monoisotopic (exact) mass is 619 g/mol. The van der Waals surface area contributed by atoms with Crippen LogP contribution in [0.5, 0.6) is 5.75 Å². The van der Waals surface area contributed by atoms with Crippen LogP contribution in [0.3, 0.4) is 0 Å². The smallest absolute Gasteiger partial charge is 0.264 e. The summed E-state index contributed by atoms with van der Waals surface area (Å²) in [6, 6.07) is 16.9. The van der Waals surface area contributed by atoms with E-state index in [1.807, 2.05) is 13.8 Å². The highest BCUT2D eigenvalue weighted by molar-refractivity contribution is 7.92. The summed E-state index contributed by atoms with van der Waals surface area (Å²) >= 11 is 12.8. The molecule has 0 saturated heterocycles. The van der Waals surface area contributed by atoms with Crippen LogP contribution >= 0.6 is 23.2 Å². The van der Waals surface area contributed by atoms with Gasteiger partial charge >= 0.3 is 0 Å². The van der Waals surface area contributed by atoms with Crippen LogP contribution < -0.4 is 14.4 Å². The topological polar surface area (TPSA) is 96.0 Å². The highest BCUT2D eigenvalue weighted by Crippen LogP contribution is 2.32. The van der Waals surface area contributed by atoms with Crippen LogP contribution in [-0.4, -0.2) is 51.4 Å². The Morgan fingerprint density at radius 3 is 2.29 bits per heavy atom. The van der Waals surface area contributed by atoms with Crippen LogP contribution in [-0.2, 0) is 26.2 Å². The van der Waals surface area contributed by atoms with Gasteiger partial charge < -0.3 is 15.0 Å². The number of methoxy groups -OCH3 is 1. The third-order valence-electron chi connectivity index (χ3n) is 6.61. The minimum atomic E-state index is -4.22. The van der Waals surface area contributed by atoms with Crippen molar-refractivity contribution in [3.8, 4) is 5.75 Å². The van der Waals surface area contributed by atoms with Gasteiger partial charge in [0.05, 0.1) is 22.7 Å². The predicted octanol–water partition coefficient (Wildman–Crippen LogP) is 5.84. The van der Waals surface area contributed by atoms with E-state index < -0.39 is 28.5 Å². The van der Waals surface area contributed by atoms with Gasteiger partial charge in [0.2, 0.25) is 11.8 Å². The minimum absolute atomic E-state index is 0.00264. The molecule has 0 unspecified atom stereocenters. The molecular weight excluding hydrogens is 585 g/mol. The maximum atomic E-state index is 14.0. The number of amides is 2. The van der Waals surface area contributed by atoms with Crippen LogP contribution in [0.25, 0.3) is 0 Å². The number of ether oxygens (including phenoxy) is 1. The number of unbranched alkanes of at least 4 members (excludes halogenated alkanes) is 1. The lowest BCUT2D eigenvalue weighted by molar-refractivity contribution is -0.139. The standard InChI is InChI=1S/C30H35Cl2N3O5S/c1-5-6-17-33-30(37)22(3)34(19-23-9-7-8-10-26(23)31)29(36)20-35(24-13-16-28(40-4)27(32)18-24)41(38,39)25-14-11-21(2)12-15-25/h7-16,18,22H,5-6,17,19-20H2,1-4H3,(H,33,37)/t22-/m1/s1. The van der Waals surface area contributed by atoms with Crippen molar-refractivity contribution in [2.45, 2.75) is 51.1 Å². The largest absolute Gasteiger partial charge is 0.495 e. The number of aryl methyl sites for hydroxylation is 1. The van der Waals surface area contributed by atoms with Crippen molar-refractivity contribution < 1.29 is 22.7 Å². The van der Waals surface area contributed by atoms with Crippen LogP contribution in [0.2, 0.25) is 10.0 Å². The number of halogens is 2. The summed E-state index contributed by atoms with van der Waals surface area (Å²) < 4.78 is 34.1. The molecule has 220 valence electrons. The molecule has 0 aromatic heterocycles. The maximum absolute atomic E-state index is 14.0. The SMILES string of the molecule is CCCCNC(=O)[C@@H](C)N(Cc1ccccc1Cl)C(=O)CN(c1ccc(OC)c(Cl)c1)S(=O)(=O)c1ccc(C)cc1. The normalized spacial score (nSPS) is 12.0. The third kappa shape index (κ3) is 8.15. The minimum Gasteiger partial charge on any atom is -0.495 e. The van der Waals surface area contributed by atoms with Gasteiger partial charge in [0.15, 0.2) is 0 Å². The molecule has 0 spiro atoms. The number of carbonyl (C=O) groups is 2. The number of rotatable bonds is 13. The summed E-state index contributed by atoms with van der Waals surface area (Å²) in [5.74, 6) is -0.586. The first-order valence-electron chi connectivity index (χ1n) is 13.2. The Morgan fingerprint density at radius 1 is 1.00 bits per heavy atom. The first-order chi connectivity index (χ1) is 19.5. The molecule has 0 radical (unpaired) electrons. The Labute approximate surface area is 252 Å². The number of nitrogens with one attached hydrogen (secondary N) is 1. The highest BCUT2D eigenvalue weighted by atomic mass is 35.5. The number of nitrogens with zero attached hydrogens (tertiary/aromatic N) is 2. The fourth-order valence-electron chi connectivity index (χ4n) is 4.11. The van der Waals surface area contributed by atoms with Crippen molar-refractivity contribution >= 4 is 50.7 Å². The van der Waals surface area contributed by atoms with Crippen molar-refractivity contribution in [2.24, 2.45) is 0 Å². The Balaban J connectivity index is 2.05. The zero-order valence-corrected chi connectivity index (χ0v) is 25.9. The summed E-state index contributed by atoms with van der Waals surface area (Å²) in [6.07, 6.45) is 1.69. The summed E-state index contributed by atoms with van der Waals surface area (Å²) in [5.41, 5.74) is 1.67. The molecule has 0 heterocycles.